The van der Waals surface area contributed by atoms with Crippen molar-refractivity contribution in [1.29, 1.82) is 0 Å². The Morgan fingerprint density at radius 1 is 1.67 bits per heavy atom. The maximum atomic E-state index is 10.9. The number of carbonyl (C=O) groups is 1. The van der Waals surface area contributed by atoms with Gasteiger partial charge in [-0.2, -0.15) is 11.8 Å². The normalized spacial score (nSPS) is 17.1. The highest BCUT2D eigenvalue weighted by atomic mass is 32.2. The van der Waals surface area contributed by atoms with Crippen molar-refractivity contribution in [2.24, 2.45) is 0 Å². The fourth-order valence-corrected chi connectivity index (χ4v) is 1.86. The Bertz CT molecular complexity index is 145. The number of hydrogen-bond donors (Lipinski definition) is 0. The third-order valence-corrected chi connectivity index (χ3v) is 2.76. The Morgan fingerprint density at radius 2 is 2.42 bits per heavy atom. The van der Waals surface area contributed by atoms with E-state index in [0.29, 0.717) is 18.3 Å². The van der Waals surface area contributed by atoms with E-state index >= 15 is 0 Å². The quantitative estimate of drug-likeness (QED) is 0.607. The number of rotatable bonds is 5. The molecule has 0 unspecified atom stereocenters. The summed E-state index contributed by atoms with van der Waals surface area (Å²) in [6.45, 7) is 3.99. The molecule has 0 spiro atoms. The molecule has 3 nitrogen and oxygen atoms in total. The molecule has 1 rings (SSSR count). The minimum Gasteiger partial charge on any atom is -0.466 e. The van der Waals surface area contributed by atoms with Crippen LogP contribution in [0, 0.1) is 0 Å². The monoisotopic (exact) mass is 190 g/mol. The van der Waals surface area contributed by atoms with Crippen molar-refractivity contribution in [1.82, 2.24) is 0 Å². The summed E-state index contributed by atoms with van der Waals surface area (Å²) < 4.78 is 9.79. The zero-order chi connectivity index (χ0) is 8.81. The van der Waals surface area contributed by atoms with Crippen LogP contribution in [0.3, 0.4) is 0 Å². The zero-order valence-corrected chi connectivity index (χ0v) is 8.06. The molecule has 0 bridgehead atoms. The first-order valence-electron chi connectivity index (χ1n) is 4.18. The lowest BCUT2D eigenvalue weighted by molar-refractivity contribution is -0.142. The smallest absolute Gasteiger partial charge is 0.306 e. The number of ether oxygens (including phenoxy) is 2. The van der Waals surface area contributed by atoms with Crippen LogP contribution in [0.2, 0.25) is 0 Å². The molecule has 4 heteroatoms. The summed E-state index contributed by atoms with van der Waals surface area (Å²) in [4.78, 5) is 10.9. The maximum absolute atomic E-state index is 10.9. The molecular formula is C8H14O3S. The second-order valence-corrected chi connectivity index (χ2v) is 3.99. The van der Waals surface area contributed by atoms with E-state index in [9.17, 15) is 4.79 Å². The molecule has 1 fully saturated rings. The van der Waals surface area contributed by atoms with Crippen LogP contribution in [0.1, 0.15) is 13.3 Å². The van der Waals surface area contributed by atoms with E-state index in [1.54, 1.807) is 11.8 Å². The molecular weight excluding hydrogens is 176 g/mol. The number of carbonyl (C=O) groups excluding carboxylic acids is 1. The second-order valence-electron chi connectivity index (χ2n) is 2.59. The third-order valence-electron chi connectivity index (χ3n) is 1.57. The van der Waals surface area contributed by atoms with E-state index in [2.05, 4.69) is 0 Å². The molecule has 0 radical (unpaired) electrons. The van der Waals surface area contributed by atoms with Gasteiger partial charge in [0, 0.05) is 5.75 Å². The van der Waals surface area contributed by atoms with Gasteiger partial charge in [0.25, 0.3) is 0 Å². The Kier molecular flexibility index (Phi) is 4.46. The summed E-state index contributed by atoms with van der Waals surface area (Å²) in [7, 11) is 0. The highest BCUT2D eigenvalue weighted by Gasteiger charge is 2.18. The molecule has 0 atom stereocenters. The molecule has 0 aliphatic carbocycles. The van der Waals surface area contributed by atoms with Gasteiger partial charge in [0.15, 0.2) is 0 Å². The molecule has 0 aromatic heterocycles. The lowest BCUT2D eigenvalue weighted by Crippen LogP contribution is -2.30. The van der Waals surface area contributed by atoms with Crippen LogP contribution >= 0.6 is 11.8 Å². The second kappa shape index (κ2) is 5.43. The minimum absolute atomic E-state index is 0.0924. The van der Waals surface area contributed by atoms with Crippen LogP contribution in [0.15, 0.2) is 0 Å². The van der Waals surface area contributed by atoms with Crippen molar-refractivity contribution in [3.8, 4) is 0 Å². The largest absolute Gasteiger partial charge is 0.466 e. The molecule has 1 aliphatic heterocycles. The van der Waals surface area contributed by atoms with E-state index < -0.39 is 0 Å². The summed E-state index contributed by atoms with van der Waals surface area (Å²) in [5.41, 5.74) is 0. The summed E-state index contributed by atoms with van der Waals surface area (Å²) in [5.74, 6) is 0.762. The van der Waals surface area contributed by atoms with E-state index in [1.165, 1.54) is 0 Å². The molecule has 0 aromatic carbocycles. The Labute approximate surface area is 76.8 Å². The first-order chi connectivity index (χ1) is 5.83. The molecule has 12 heavy (non-hydrogen) atoms. The fourth-order valence-electron chi connectivity index (χ4n) is 0.852. The van der Waals surface area contributed by atoms with Crippen molar-refractivity contribution >= 4 is 17.7 Å². The van der Waals surface area contributed by atoms with Crippen molar-refractivity contribution in [2.45, 2.75) is 18.6 Å². The molecule has 0 N–H and O–H groups in total. The zero-order valence-electron chi connectivity index (χ0n) is 7.25. The van der Waals surface area contributed by atoms with Gasteiger partial charge in [0.05, 0.1) is 31.5 Å². The van der Waals surface area contributed by atoms with E-state index in [-0.39, 0.29) is 5.97 Å². The van der Waals surface area contributed by atoms with Gasteiger partial charge >= 0.3 is 5.97 Å². The molecule has 0 saturated carbocycles. The van der Waals surface area contributed by atoms with E-state index in [4.69, 9.17) is 9.47 Å². The average molecular weight is 190 g/mol. The van der Waals surface area contributed by atoms with Crippen LogP contribution < -0.4 is 0 Å². The lowest BCUT2D eigenvalue weighted by Gasteiger charge is -2.24. The van der Waals surface area contributed by atoms with E-state index in [0.717, 1.165) is 19.0 Å². The van der Waals surface area contributed by atoms with Crippen LogP contribution in [0.25, 0.3) is 0 Å². The summed E-state index contributed by atoms with van der Waals surface area (Å²) in [5, 5.41) is 0.611. The average Bonchev–Trinajstić information content (AvgIpc) is 1.95. The first kappa shape index (κ1) is 9.86. The molecule has 1 heterocycles. The summed E-state index contributed by atoms with van der Waals surface area (Å²) >= 11 is 1.79. The number of hydrogen-bond acceptors (Lipinski definition) is 4. The van der Waals surface area contributed by atoms with Gasteiger partial charge < -0.3 is 9.47 Å². The van der Waals surface area contributed by atoms with Gasteiger partial charge in [-0.1, -0.05) is 0 Å². The molecule has 0 aromatic rings. The van der Waals surface area contributed by atoms with Crippen molar-refractivity contribution < 1.29 is 14.3 Å². The summed E-state index contributed by atoms with van der Waals surface area (Å²) in [6, 6.07) is 0. The fraction of sp³-hybridized carbons (Fsp3) is 0.875. The third kappa shape index (κ3) is 3.45. The van der Waals surface area contributed by atoms with Crippen LogP contribution in [-0.4, -0.2) is 36.8 Å². The topological polar surface area (TPSA) is 35.5 Å². The Balaban J connectivity index is 1.90. The lowest BCUT2D eigenvalue weighted by atomic mass is 10.4. The number of thioether (sulfide) groups is 1. The van der Waals surface area contributed by atoms with E-state index in [1.807, 2.05) is 6.92 Å². The maximum Gasteiger partial charge on any atom is 0.306 e. The summed E-state index contributed by atoms with van der Waals surface area (Å²) in [6.07, 6.45) is 0.523. The van der Waals surface area contributed by atoms with Crippen LogP contribution in [0.4, 0.5) is 0 Å². The van der Waals surface area contributed by atoms with Crippen molar-refractivity contribution in [3.63, 3.8) is 0 Å². The predicted octanol–water partition coefficient (Wildman–Crippen LogP) is 1.07. The van der Waals surface area contributed by atoms with Gasteiger partial charge in [0.1, 0.15) is 0 Å². The van der Waals surface area contributed by atoms with Gasteiger partial charge in [0.2, 0.25) is 0 Å². The minimum atomic E-state index is -0.0924. The predicted molar refractivity (Wildman–Crippen MR) is 48.3 cm³/mol. The van der Waals surface area contributed by atoms with Crippen molar-refractivity contribution in [2.75, 3.05) is 25.6 Å². The van der Waals surface area contributed by atoms with Gasteiger partial charge in [-0.3, -0.25) is 4.79 Å². The SMILES string of the molecule is CCOC(=O)CCSC1COC1. The molecule has 0 amide bonds. The van der Waals surface area contributed by atoms with Crippen LogP contribution in [0.5, 0.6) is 0 Å². The number of esters is 1. The molecule has 70 valence electrons. The standard InChI is InChI=1S/C8H14O3S/c1-2-11-8(9)3-4-12-7-5-10-6-7/h7H,2-6H2,1H3. The van der Waals surface area contributed by atoms with Crippen molar-refractivity contribution in [3.05, 3.63) is 0 Å². The highest BCUT2D eigenvalue weighted by molar-refractivity contribution is 8.00. The Hall–Kier alpha value is -0.220. The van der Waals surface area contributed by atoms with Gasteiger partial charge in [-0.15, -0.1) is 0 Å². The molecule has 1 aliphatic rings. The first-order valence-corrected chi connectivity index (χ1v) is 5.22. The van der Waals surface area contributed by atoms with Gasteiger partial charge in [-0.05, 0) is 6.92 Å². The molecule has 1 saturated heterocycles. The Morgan fingerprint density at radius 3 is 2.92 bits per heavy atom. The van der Waals surface area contributed by atoms with Crippen LogP contribution in [-0.2, 0) is 14.3 Å². The highest BCUT2D eigenvalue weighted by Crippen LogP contribution is 2.19. The van der Waals surface area contributed by atoms with Gasteiger partial charge in [-0.25, -0.2) is 0 Å².